The van der Waals surface area contributed by atoms with E-state index in [0.29, 0.717) is 0 Å². The molecule has 0 bridgehead atoms. The van der Waals surface area contributed by atoms with Crippen molar-refractivity contribution in [1.82, 2.24) is 0 Å². The van der Waals surface area contributed by atoms with Crippen LogP contribution < -0.4 is 19.9 Å². The van der Waals surface area contributed by atoms with E-state index in [4.69, 9.17) is 19.9 Å². The van der Waals surface area contributed by atoms with Gasteiger partial charge in [0.2, 0.25) is 0 Å². The Morgan fingerprint density at radius 1 is 1.22 bits per heavy atom. The van der Waals surface area contributed by atoms with Gasteiger partial charge in [-0.25, -0.2) is 4.39 Å². The van der Waals surface area contributed by atoms with Gasteiger partial charge in [-0.2, -0.15) is 0 Å². The van der Waals surface area contributed by atoms with E-state index in [9.17, 15) is 9.18 Å². The van der Waals surface area contributed by atoms with Crippen LogP contribution in [0.1, 0.15) is 16.8 Å². The molecule has 0 heterocycles. The molecule has 100 valence electrons. The smallest absolute Gasteiger partial charge is 0.175 e. The van der Waals surface area contributed by atoms with Crippen LogP contribution in [0.5, 0.6) is 17.2 Å². The van der Waals surface area contributed by atoms with Crippen LogP contribution >= 0.6 is 0 Å². The second kappa shape index (κ2) is 6.20. The summed E-state index contributed by atoms with van der Waals surface area (Å²) in [6.07, 6.45) is 0.0688. The molecule has 2 N–H and O–H groups in total. The number of benzene rings is 1. The molecular weight excluding hydrogens is 241 g/mol. The molecule has 0 aliphatic rings. The SMILES string of the molecule is COc1cc(F)c(OC)c(C(=O)CCN)c1OC. The Morgan fingerprint density at radius 3 is 2.28 bits per heavy atom. The van der Waals surface area contributed by atoms with Crippen LogP contribution in [-0.2, 0) is 0 Å². The number of Topliss-reactive ketones (excluding diaryl/α,β-unsaturated/α-hetero) is 1. The second-order valence-corrected chi connectivity index (χ2v) is 3.46. The van der Waals surface area contributed by atoms with Gasteiger partial charge in [0.05, 0.1) is 21.3 Å². The summed E-state index contributed by atoms with van der Waals surface area (Å²) in [5.74, 6) is -0.920. The minimum atomic E-state index is -0.685. The molecule has 1 aromatic rings. The lowest BCUT2D eigenvalue weighted by Crippen LogP contribution is -2.12. The number of ketones is 1. The minimum Gasteiger partial charge on any atom is -0.493 e. The summed E-state index contributed by atoms with van der Waals surface area (Å²) in [5, 5.41) is 0. The van der Waals surface area contributed by atoms with Crippen molar-refractivity contribution in [2.24, 2.45) is 5.73 Å². The van der Waals surface area contributed by atoms with Gasteiger partial charge >= 0.3 is 0 Å². The highest BCUT2D eigenvalue weighted by Gasteiger charge is 2.25. The number of carbonyl (C=O) groups is 1. The summed E-state index contributed by atoms with van der Waals surface area (Å²) in [6.45, 7) is 0.157. The van der Waals surface area contributed by atoms with Gasteiger partial charge in [0.15, 0.2) is 28.8 Å². The summed E-state index contributed by atoms with van der Waals surface area (Å²) in [7, 11) is 4.01. The maximum Gasteiger partial charge on any atom is 0.175 e. The maximum absolute atomic E-state index is 13.8. The number of hydrogen-bond donors (Lipinski definition) is 1. The highest BCUT2D eigenvalue weighted by atomic mass is 19.1. The van der Waals surface area contributed by atoms with Crippen molar-refractivity contribution >= 4 is 5.78 Å². The summed E-state index contributed by atoms with van der Waals surface area (Å²) in [6, 6.07) is 1.11. The molecule has 0 aromatic heterocycles. The van der Waals surface area contributed by atoms with Gasteiger partial charge in [0, 0.05) is 12.5 Å². The molecule has 1 aromatic carbocycles. The highest BCUT2D eigenvalue weighted by Crippen LogP contribution is 2.40. The number of rotatable bonds is 6. The van der Waals surface area contributed by atoms with Crippen molar-refractivity contribution < 1.29 is 23.4 Å². The van der Waals surface area contributed by atoms with Crippen LogP contribution in [-0.4, -0.2) is 33.7 Å². The van der Waals surface area contributed by atoms with Gasteiger partial charge in [-0.05, 0) is 6.54 Å². The third-order valence-electron chi connectivity index (χ3n) is 2.43. The fourth-order valence-corrected chi connectivity index (χ4v) is 1.66. The quantitative estimate of drug-likeness (QED) is 0.780. The highest BCUT2D eigenvalue weighted by molar-refractivity contribution is 6.02. The van der Waals surface area contributed by atoms with Gasteiger partial charge in [0.25, 0.3) is 0 Å². The first-order chi connectivity index (χ1) is 8.60. The van der Waals surface area contributed by atoms with Gasteiger partial charge in [-0.3, -0.25) is 4.79 Å². The Bertz CT molecular complexity index is 448. The van der Waals surface area contributed by atoms with Crippen LogP contribution in [0.25, 0.3) is 0 Å². The summed E-state index contributed by atoms with van der Waals surface area (Å²) in [4.78, 5) is 12.0. The van der Waals surface area contributed by atoms with E-state index in [2.05, 4.69) is 0 Å². The van der Waals surface area contributed by atoms with Crippen molar-refractivity contribution in [3.63, 3.8) is 0 Å². The molecule has 6 heteroatoms. The van der Waals surface area contributed by atoms with Crippen LogP contribution in [0, 0.1) is 5.82 Å². The van der Waals surface area contributed by atoms with Crippen molar-refractivity contribution in [1.29, 1.82) is 0 Å². The van der Waals surface area contributed by atoms with Gasteiger partial charge < -0.3 is 19.9 Å². The second-order valence-electron chi connectivity index (χ2n) is 3.46. The Balaban J connectivity index is 3.50. The van der Waals surface area contributed by atoms with Crippen molar-refractivity contribution in [2.45, 2.75) is 6.42 Å². The largest absolute Gasteiger partial charge is 0.493 e. The van der Waals surface area contributed by atoms with E-state index in [0.717, 1.165) is 6.07 Å². The van der Waals surface area contributed by atoms with E-state index in [1.165, 1.54) is 21.3 Å². The van der Waals surface area contributed by atoms with E-state index in [-0.39, 0.29) is 41.6 Å². The lowest BCUT2D eigenvalue weighted by Gasteiger charge is -2.15. The number of halogens is 1. The molecule has 0 aliphatic carbocycles. The zero-order valence-corrected chi connectivity index (χ0v) is 10.6. The summed E-state index contributed by atoms with van der Waals surface area (Å²) < 4.78 is 28.8. The molecular formula is C12H16FNO4. The number of hydrogen-bond acceptors (Lipinski definition) is 5. The number of carbonyl (C=O) groups excluding carboxylic acids is 1. The predicted molar refractivity (Wildman–Crippen MR) is 64.1 cm³/mol. The summed E-state index contributed by atoms with van der Waals surface area (Å²) in [5.41, 5.74) is 5.35. The fraction of sp³-hybridized carbons (Fsp3) is 0.417. The monoisotopic (exact) mass is 257 g/mol. The third-order valence-corrected chi connectivity index (χ3v) is 2.43. The zero-order valence-electron chi connectivity index (χ0n) is 10.6. The van der Waals surface area contributed by atoms with Gasteiger partial charge in [0.1, 0.15) is 5.56 Å². The summed E-state index contributed by atoms with van der Waals surface area (Å²) >= 11 is 0. The zero-order chi connectivity index (χ0) is 13.7. The number of ether oxygens (including phenoxy) is 3. The van der Waals surface area contributed by atoms with Crippen molar-refractivity contribution in [3.8, 4) is 17.2 Å². The molecule has 5 nitrogen and oxygen atoms in total. The Kier molecular flexibility index (Phi) is 4.91. The molecule has 0 fully saturated rings. The van der Waals surface area contributed by atoms with Crippen LogP contribution in [0.2, 0.25) is 0 Å². The molecule has 0 amide bonds. The standard InChI is InChI=1S/C12H16FNO4/c1-16-9-6-7(13)11(17-2)10(12(9)18-3)8(15)4-5-14/h6H,4-5,14H2,1-3H3. The average molecular weight is 257 g/mol. The average Bonchev–Trinajstić information content (AvgIpc) is 2.37. The number of nitrogens with two attached hydrogens (primary N) is 1. The molecule has 0 saturated carbocycles. The van der Waals surface area contributed by atoms with E-state index >= 15 is 0 Å². The normalized spacial score (nSPS) is 10.1. The van der Waals surface area contributed by atoms with E-state index < -0.39 is 5.82 Å². The lowest BCUT2D eigenvalue weighted by molar-refractivity contribution is 0.0977. The van der Waals surface area contributed by atoms with Crippen molar-refractivity contribution in [2.75, 3.05) is 27.9 Å². The molecule has 0 atom stereocenters. The molecule has 0 aliphatic heterocycles. The molecule has 0 saturated heterocycles. The van der Waals surface area contributed by atoms with Crippen LogP contribution in [0.15, 0.2) is 6.07 Å². The minimum absolute atomic E-state index is 0.0160. The Hall–Kier alpha value is -1.82. The first-order valence-electron chi connectivity index (χ1n) is 5.32. The van der Waals surface area contributed by atoms with E-state index in [1.54, 1.807) is 0 Å². The predicted octanol–water partition coefficient (Wildman–Crippen LogP) is 1.38. The number of methoxy groups -OCH3 is 3. The van der Waals surface area contributed by atoms with Gasteiger partial charge in [-0.1, -0.05) is 0 Å². The lowest BCUT2D eigenvalue weighted by atomic mass is 10.0. The topological polar surface area (TPSA) is 70.8 Å². The maximum atomic E-state index is 13.8. The molecule has 18 heavy (non-hydrogen) atoms. The van der Waals surface area contributed by atoms with Crippen molar-refractivity contribution in [3.05, 3.63) is 17.4 Å². The molecule has 0 spiro atoms. The first-order valence-corrected chi connectivity index (χ1v) is 5.32. The first kappa shape index (κ1) is 14.2. The molecule has 0 unspecified atom stereocenters. The van der Waals surface area contributed by atoms with E-state index in [1.807, 2.05) is 0 Å². The van der Waals surface area contributed by atoms with Gasteiger partial charge in [-0.15, -0.1) is 0 Å². The molecule has 1 rings (SSSR count). The third kappa shape index (κ3) is 2.53. The fourth-order valence-electron chi connectivity index (χ4n) is 1.66. The molecule has 0 radical (unpaired) electrons. The Morgan fingerprint density at radius 2 is 1.83 bits per heavy atom. The van der Waals surface area contributed by atoms with Crippen LogP contribution in [0.3, 0.4) is 0 Å². The Labute approximate surface area is 105 Å². The van der Waals surface area contributed by atoms with Crippen LogP contribution in [0.4, 0.5) is 4.39 Å².